The minimum absolute atomic E-state index is 0.0371. The Hall–Kier alpha value is -1.99. The summed E-state index contributed by atoms with van der Waals surface area (Å²) in [6.45, 7) is 3.94. The Bertz CT molecular complexity index is 707. The standard InChI is InChI=1S/C19H26N4O2S/c1-22(19(24)17-12-20-26-21-17)13-15-6-5-10-23(14-15)11-9-16-7-3-4-8-18(16)25-2/h3-4,7-8,12,15H,5-6,9-11,13-14H2,1-2H3/t15-/m1/s1. The van der Waals surface area contributed by atoms with Crippen LogP contribution in [0.4, 0.5) is 0 Å². The monoisotopic (exact) mass is 374 g/mol. The Morgan fingerprint density at radius 1 is 1.42 bits per heavy atom. The molecule has 1 fully saturated rings. The molecule has 0 bridgehead atoms. The summed E-state index contributed by atoms with van der Waals surface area (Å²) in [5.74, 6) is 1.43. The van der Waals surface area contributed by atoms with Crippen molar-refractivity contribution < 1.29 is 9.53 Å². The Morgan fingerprint density at radius 2 is 2.27 bits per heavy atom. The number of hydrogen-bond donors (Lipinski definition) is 0. The van der Waals surface area contributed by atoms with Crippen LogP contribution in [0.3, 0.4) is 0 Å². The molecule has 0 radical (unpaired) electrons. The lowest BCUT2D eigenvalue weighted by Crippen LogP contribution is -2.42. The van der Waals surface area contributed by atoms with Crippen LogP contribution in [0, 0.1) is 5.92 Å². The number of carbonyl (C=O) groups excluding carboxylic acids is 1. The van der Waals surface area contributed by atoms with Crippen LogP contribution in [-0.4, -0.2) is 64.8 Å². The molecule has 1 aliphatic heterocycles. The predicted molar refractivity (Wildman–Crippen MR) is 103 cm³/mol. The van der Waals surface area contributed by atoms with Crippen molar-refractivity contribution in [3.63, 3.8) is 0 Å². The summed E-state index contributed by atoms with van der Waals surface area (Å²) in [5.41, 5.74) is 1.70. The number of aromatic nitrogens is 2. The van der Waals surface area contributed by atoms with Crippen LogP contribution in [0.15, 0.2) is 30.5 Å². The zero-order valence-corrected chi connectivity index (χ0v) is 16.2. The predicted octanol–water partition coefficient (Wildman–Crippen LogP) is 2.57. The number of benzene rings is 1. The third-order valence-corrected chi connectivity index (χ3v) is 5.43. The molecule has 2 aromatic rings. The van der Waals surface area contributed by atoms with Gasteiger partial charge in [-0.05, 0) is 43.4 Å². The summed E-state index contributed by atoms with van der Waals surface area (Å²) < 4.78 is 13.4. The molecule has 7 heteroatoms. The van der Waals surface area contributed by atoms with E-state index in [1.807, 2.05) is 19.2 Å². The van der Waals surface area contributed by atoms with E-state index in [2.05, 4.69) is 25.8 Å². The molecule has 0 saturated carbocycles. The van der Waals surface area contributed by atoms with Gasteiger partial charge in [-0.2, -0.15) is 8.75 Å². The maximum absolute atomic E-state index is 12.3. The minimum Gasteiger partial charge on any atom is -0.496 e. The van der Waals surface area contributed by atoms with E-state index in [-0.39, 0.29) is 5.91 Å². The third-order valence-electron chi connectivity index (χ3n) is 4.95. The van der Waals surface area contributed by atoms with Gasteiger partial charge in [-0.3, -0.25) is 4.79 Å². The Morgan fingerprint density at radius 3 is 3.04 bits per heavy atom. The molecular formula is C19H26N4O2S. The van der Waals surface area contributed by atoms with E-state index in [4.69, 9.17) is 4.74 Å². The van der Waals surface area contributed by atoms with Crippen LogP contribution in [0.5, 0.6) is 5.75 Å². The van der Waals surface area contributed by atoms with Gasteiger partial charge in [0.25, 0.3) is 5.91 Å². The second kappa shape index (κ2) is 9.09. The third kappa shape index (κ3) is 4.80. The van der Waals surface area contributed by atoms with Crippen LogP contribution >= 0.6 is 11.7 Å². The first-order chi connectivity index (χ1) is 12.7. The molecule has 1 aliphatic rings. The molecule has 3 rings (SSSR count). The van der Waals surface area contributed by atoms with Crippen LogP contribution in [0.2, 0.25) is 0 Å². The molecule has 2 heterocycles. The van der Waals surface area contributed by atoms with Gasteiger partial charge in [0.15, 0.2) is 5.69 Å². The maximum Gasteiger partial charge on any atom is 0.274 e. The molecule has 1 aromatic carbocycles. The first kappa shape index (κ1) is 18.8. The number of methoxy groups -OCH3 is 1. The minimum atomic E-state index is -0.0371. The number of carbonyl (C=O) groups is 1. The van der Waals surface area contributed by atoms with Gasteiger partial charge in [-0.25, -0.2) is 0 Å². The van der Waals surface area contributed by atoms with E-state index < -0.39 is 0 Å². The topological polar surface area (TPSA) is 58.6 Å². The van der Waals surface area contributed by atoms with E-state index in [0.29, 0.717) is 11.6 Å². The summed E-state index contributed by atoms with van der Waals surface area (Å²) in [5, 5.41) is 0. The normalized spacial score (nSPS) is 17.8. The van der Waals surface area contributed by atoms with Gasteiger partial charge in [0, 0.05) is 26.7 Å². The van der Waals surface area contributed by atoms with E-state index in [1.165, 1.54) is 12.0 Å². The lowest BCUT2D eigenvalue weighted by atomic mass is 9.97. The van der Waals surface area contributed by atoms with Crippen molar-refractivity contribution in [2.75, 3.05) is 40.3 Å². The van der Waals surface area contributed by atoms with Crippen molar-refractivity contribution in [2.45, 2.75) is 19.3 Å². The fraction of sp³-hybridized carbons (Fsp3) is 0.526. The Kier molecular flexibility index (Phi) is 6.57. The fourth-order valence-corrected chi connectivity index (χ4v) is 4.02. The van der Waals surface area contributed by atoms with Crippen molar-refractivity contribution in [3.05, 3.63) is 41.7 Å². The quantitative estimate of drug-likeness (QED) is 0.745. The van der Waals surface area contributed by atoms with Crippen molar-refractivity contribution in [1.29, 1.82) is 0 Å². The van der Waals surface area contributed by atoms with Gasteiger partial charge in [0.1, 0.15) is 5.75 Å². The molecular weight excluding hydrogens is 348 g/mol. The number of hydrogen-bond acceptors (Lipinski definition) is 6. The second-order valence-electron chi connectivity index (χ2n) is 6.85. The van der Waals surface area contributed by atoms with Crippen LogP contribution in [-0.2, 0) is 6.42 Å². The molecule has 1 amide bonds. The fourth-order valence-electron chi connectivity index (χ4n) is 3.62. The highest BCUT2D eigenvalue weighted by atomic mass is 32.1. The maximum atomic E-state index is 12.3. The molecule has 0 N–H and O–H groups in total. The van der Waals surface area contributed by atoms with Gasteiger partial charge in [0.05, 0.1) is 25.0 Å². The largest absolute Gasteiger partial charge is 0.496 e. The average Bonchev–Trinajstić information content (AvgIpc) is 3.21. The first-order valence-electron chi connectivity index (χ1n) is 9.04. The van der Waals surface area contributed by atoms with E-state index in [1.54, 1.807) is 18.2 Å². The summed E-state index contributed by atoms with van der Waals surface area (Å²) in [6, 6.07) is 8.21. The van der Waals surface area contributed by atoms with Crippen molar-refractivity contribution in [1.82, 2.24) is 18.5 Å². The summed E-state index contributed by atoms with van der Waals surface area (Å²) in [6.07, 6.45) is 4.87. The molecule has 6 nitrogen and oxygen atoms in total. The molecule has 26 heavy (non-hydrogen) atoms. The van der Waals surface area contributed by atoms with E-state index >= 15 is 0 Å². The van der Waals surface area contributed by atoms with Crippen molar-refractivity contribution in [3.8, 4) is 5.75 Å². The van der Waals surface area contributed by atoms with Gasteiger partial charge in [-0.1, -0.05) is 18.2 Å². The zero-order valence-electron chi connectivity index (χ0n) is 15.4. The molecule has 0 spiro atoms. The molecule has 1 atom stereocenters. The lowest BCUT2D eigenvalue weighted by Gasteiger charge is -2.34. The zero-order chi connectivity index (χ0) is 18.4. The van der Waals surface area contributed by atoms with Crippen molar-refractivity contribution >= 4 is 17.6 Å². The SMILES string of the molecule is COc1ccccc1CCN1CCC[C@H](CN(C)C(=O)c2cnsn2)C1. The summed E-state index contributed by atoms with van der Waals surface area (Å²) >= 11 is 1.07. The number of para-hydroxylation sites is 1. The number of piperidine rings is 1. The number of ether oxygens (including phenoxy) is 1. The molecule has 1 saturated heterocycles. The van der Waals surface area contributed by atoms with Crippen LogP contribution in [0.25, 0.3) is 0 Å². The second-order valence-corrected chi connectivity index (χ2v) is 7.41. The van der Waals surface area contributed by atoms with Gasteiger partial charge in [-0.15, -0.1) is 0 Å². The highest BCUT2D eigenvalue weighted by Crippen LogP contribution is 2.21. The molecule has 1 aromatic heterocycles. The van der Waals surface area contributed by atoms with Crippen LogP contribution < -0.4 is 4.74 Å². The molecule has 140 valence electrons. The summed E-state index contributed by atoms with van der Waals surface area (Å²) in [7, 11) is 3.58. The Labute approximate surface area is 159 Å². The highest BCUT2D eigenvalue weighted by molar-refractivity contribution is 6.99. The smallest absolute Gasteiger partial charge is 0.274 e. The molecule has 0 aliphatic carbocycles. The number of amides is 1. The number of nitrogens with zero attached hydrogens (tertiary/aromatic N) is 4. The van der Waals surface area contributed by atoms with Crippen LogP contribution in [0.1, 0.15) is 28.9 Å². The van der Waals surface area contributed by atoms with E-state index in [0.717, 1.165) is 56.5 Å². The summed E-state index contributed by atoms with van der Waals surface area (Å²) in [4.78, 5) is 16.6. The van der Waals surface area contributed by atoms with Gasteiger partial charge >= 0.3 is 0 Å². The average molecular weight is 375 g/mol. The Balaban J connectivity index is 1.50. The van der Waals surface area contributed by atoms with Gasteiger partial charge in [0.2, 0.25) is 0 Å². The van der Waals surface area contributed by atoms with E-state index in [9.17, 15) is 4.79 Å². The molecule has 0 unspecified atom stereocenters. The first-order valence-corrected chi connectivity index (χ1v) is 9.77. The van der Waals surface area contributed by atoms with Gasteiger partial charge < -0.3 is 14.5 Å². The highest BCUT2D eigenvalue weighted by Gasteiger charge is 2.24. The lowest BCUT2D eigenvalue weighted by molar-refractivity contribution is 0.0725. The van der Waals surface area contributed by atoms with Crippen molar-refractivity contribution in [2.24, 2.45) is 5.92 Å². The number of rotatable bonds is 7. The number of likely N-dealkylation sites (tertiary alicyclic amines) is 1.